The third kappa shape index (κ3) is 10.1. The van der Waals surface area contributed by atoms with Gasteiger partial charge in [-0.3, -0.25) is 24.0 Å². The Kier molecular flexibility index (Phi) is 15.2. The molecule has 1 heterocycles. The summed E-state index contributed by atoms with van der Waals surface area (Å²) in [6.07, 6.45) is -9.81. The number of nitrogens with two attached hydrogens (primary N) is 1. The Morgan fingerprint density at radius 2 is 1.45 bits per heavy atom. The van der Waals surface area contributed by atoms with Crippen LogP contribution in [0.25, 0.3) is 0 Å². The number of aliphatic hydroxyl groups is 2. The van der Waals surface area contributed by atoms with Gasteiger partial charge in [-0.15, -0.1) is 0 Å². The van der Waals surface area contributed by atoms with Crippen LogP contribution in [0.2, 0.25) is 0 Å². The molecule has 6 rings (SSSR count). The minimum atomic E-state index is -2.41. The first kappa shape index (κ1) is 50.1. The number of carbonyl (C=O) groups is 7. The number of hydrogen-bond acceptors (Lipinski definition) is 16. The highest BCUT2D eigenvalue weighted by Gasteiger charge is 2.71. The molecule has 1 saturated carbocycles. The van der Waals surface area contributed by atoms with E-state index in [0.717, 1.165) is 13.8 Å². The second-order valence-corrected chi connectivity index (χ2v) is 17.9. The molecular formula is C50H58N2O15. The van der Waals surface area contributed by atoms with Crippen molar-refractivity contribution in [1.29, 1.82) is 0 Å². The summed E-state index contributed by atoms with van der Waals surface area (Å²) in [6, 6.07) is 22.7. The molecule has 0 aromatic heterocycles. The van der Waals surface area contributed by atoms with Crippen molar-refractivity contribution in [3.63, 3.8) is 0 Å². The molecule has 0 radical (unpaired) electrons. The Bertz CT molecular complexity index is 2370. The summed E-state index contributed by atoms with van der Waals surface area (Å²) >= 11 is 0. The maximum Gasteiger partial charge on any atom is 0.350 e. The summed E-state index contributed by atoms with van der Waals surface area (Å²) in [7, 11) is 0. The van der Waals surface area contributed by atoms with Gasteiger partial charge in [0.05, 0.1) is 30.7 Å². The Balaban J connectivity index is 1.56. The predicted molar refractivity (Wildman–Crippen MR) is 237 cm³/mol. The van der Waals surface area contributed by atoms with Crippen LogP contribution < -0.4 is 11.1 Å². The fraction of sp³-hybridized carbons (Fsp3) is 0.460. The van der Waals surface area contributed by atoms with Gasteiger partial charge in [0.15, 0.2) is 17.5 Å². The zero-order chi connectivity index (χ0) is 49.0. The molecule has 11 atom stereocenters. The number of ether oxygens (including phenoxy) is 6. The summed E-state index contributed by atoms with van der Waals surface area (Å²) in [6.45, 7) is 8.82. The largest absolute Gasteiger partial charge is 0.455 e. The maximum absolute atomic E-state index is 15.3. The quantitative estimate of drug-likeness (QED) is 0.0959. The van der Waals surface area contributed by atoms with Gasteiger partial charge in [-0.05, 0) is 54.8 Å². The SMILES string of the molecule is CC(=O)O[C@H]1C(=O)[C@@H](C)[C@@H]([C@]2(OC(C)=O)CO[C@@H]2C[C@@H](C)O)[C@H](OC(=O)c2ccccc2)[C@]2(O)C[C@H](OC(=O)[C@H](OC(=O)CN)[C@@H](NC(=O)c3ccccc3)c3ccccc3)C(C)=C1C2(C)C. The molecule has 358 valence electrons. The standard InChI is InChI=1S/C50H58N2O15/c1-27(53)23-36-49(26-62-36,67-31(5)55)39-29(3)41(57)42(63-30(4)54)38-28(2)35(24-50(61,48(38,6)7)44(39)66-46(59)34-21-15-10-16-22-34)64-47(60)43(65-37(56)25-51)40(32-17-11-8-12-18-32)52-45(58)33-19-13-9-14-20-33/h8-22,27,29,35-36,39-40,42-44,53,61H,23-26,51H2,1-7H3,(H,52,58)/t27-,29+,35+,36-,39-,40+,42-,43-,44+,49+,50-/m1/s1. The lowest BCUT2D eigenvalue weighted by atomic mass is 9.51. The Morgan fingerprint density at radius 1 is 0.866 bits per heavy atom. The highest BCUT2D eigenvalue weighted by molar-refractivity contribution is 5.95. The molecule has 3 aliphatic rings. The molecule has 67 heavy (non-hydrogen) atoms. The van der Waals surface area contributed by atoms with E-state index in [9.17, 15) is 39.0 Å². The van der Waals surface area contributed by atoms with Gasteiger partial charge in [-0.1, -0.05) is 87.5 Å². The van der Waals surface area contributed by atoms with E-state index in [1.54, 1.807) is 92.7 Å². The average Bonchev–Trinajstić information content (AvgIpc) is 3.29. The van der Waals surface area contributed by atoms with E-state index in [-0.39, 0.29) is 35.3 Å². The van der Waals surface area contributed by atoms with Crippen LogP contribution in [0.3, 0.4) is 0 Å². The van der Waals surface area contributed by atoms with Gasteiger partial charge in [0.25, 0.3) is 5.91 Å². The number of nitrogens with one attached hydrogen (secondary N) is 1. The minimum absolute atomic E-state index is 0.0183. The van der Waals surface area contributed by atoms with Crippen LogP contribution in [0.4, 0.5) is 0 Å². The van der Waals surface area contributed by atoms with Gasteiger partial charge in [0.2, 0.25) is 6.10 Å². The van der Waals surface area contributed by atoms with Crippen molar-refractivity contribution in [3.05, 3.63) is 119 Å². The highest BCUT2D eigenvalue weighted by atomic mass is 16.6. The first-order valence-electron chi connectivity index (χ1n) is 22.1. The minimum Gasteiger partial charge on any atom is -0.455 e. The number of aliphatic hydroxyl groups excluding tert-OH is 1. The summed E-state index contributed by atoms with van der Waals surface area (Å²) in [5, 5.41) is 27.2. The third-order valence-electron chi connectivity index (χ3n) is 13.2. The van der Waals surface area contributed by atoms with Gasteiger partial charge in [-0.2, -0.15) is 0 Å². The lowest BCUT2D eigenvalue weighted by molar-refractivity contribution is -0.310. The van der Waals surface area contributed by atoms with Gasteiger partial charge in [0, 0.05) is 43.6 Å². The van der Waals surface area contributed by atoms with E-state index < -0.39 is 126 Å². The number of esters is 5. The molecule has 1 saturated heterocycles. The topological polar surface area (TPSA) is 253 Å². The molecule has 2 aliphatic carbocycles. The number of rotatable bonds is 15. The number of Topliss-reactive ketones (excluding diaryl/α,β-unsaturated/α-hetero) is 1. The average molecular weight is 927 g/mol. The number of ketones is 1. The summed E-state index contributed by atoms with van der Waals surface area (Å²) in [4.78, 5) is 97.5. The normalized spacial score (nSPS) is 27.9. The van der Waals surface area contributed by atoms with Crippen molar-refractivity contribution in [2.75, 3.05) is 13.2 Å². The molecular weight excluding hydrogens is 869 g/mol. The molecule has 1 amide bonds. The van der Waals surface area contributed by atoms with Crippen LogP contribution in [-0.4, -0.2) is 113 Å². The van der Waals surface area contributed by atoms with E-state index in [1.807, 2.05) is 0 Å². The van der Waals surface area contributed by atoms with E-state index in [1.165, 1.54) is 32.9 Å². The summed E-state index contributed by atoms with van der Waals surface area (Å²) in [5.74, 6) is -9.05. The van der Waals surface area contributed by atoms with Crippen LogP contribution in [0.15, 0.2) is 102 Å². The zero-order valence-corrected chi connectivity index (χ0v) is 38.5. The second kappa shape index (κ2) is 20.3. The number of fused-ring (bicyclic) bond motifs is 2. The molecule has 0 unspecified atom stereocenters. The zero-order valence-electron chi connectivity index (χ0n) is 38.5. The van der Waals surface area contributed by atoms with E-state index in [0.29, 0.717) is 5.56 Å². The molecule has 2 fully saturated rings. The monoisotopic (exact) mass is 926 g/mol. The molecule has 1 aliphatic heterocycles. The number of amides is 1. The number of hydrogen-bond donors (Lipinski definition) is 4. The van der Waals surface area contributed by atoms with Gasteiger partial charge in [-0.25, -0.2) is 9.59 Å². The molecule has 5 N–H and O–H groups in total. The van der Waals surface area contributed by atoms with Crippen molar-refractivity contribution in [1.82, 2.24) is 5.32 Å². The number of benzene rings is 3. The smallest absolute Gasteiger partial charge is 0.350 e. The summed E-state index contributed by atoms with van der Waals surface area (Å²) < 4.78 is 36.3. The van der Waals surface area contributed by atoms with Crippen LogP contribution in [0.5, 0.6) is 0 Å². The third-order valence-corrected chi connectivity index (χ3v) is 13.2. The molecule has 3 aromatic carbocycles. The Labute approximate surface area is 388 Å². The molecule has 0 spiro atoms. The van der Waals surface area contributed by atoms with E-state index >= 15 is 4.79 Å². The fourth-order valence-electron chi connectivity index (χ4n) is 9.88. The van der Waals surface area contributed by atoms with Crippen LogP contribution in [0.1, 0.15) is 93.6 Å². The van der Waals surface area contributed by atoms with Crippen molar-refractivity contribution >= 4 is 41.5 Å². The first-order chi connectivity index (χ1) is 31.7. The second-order valence-electron chi connectivity index (χ2n) is 17.9. The Hall–Kier alpha value is -6.27. The highest BCUT2D eigenvalue weighted by Crippen LogP contribution is 2.59. The summed E-state index contributed by atoms with van der Waals surface area (Å²) in [5.41, 5.74) is 0.545. The first-order valence-corrected chi connectivity index (χ1v) is 22.1. The van der Waals surface area contributed by atoms with E-state index in [2.05, 4.69) is 5.32 Å². The molecule has 17 nitrogen and oxygen atoms in total. The van der Waals surface area contributed by atoms with Crippen molar-refractivity contribution < 1.29 is 72.2 Å². The van der Waals surface area contributed by atoms with Gasteiger partial charge < -0.3 is 49.7 Å². The van der Waals surface area contributed by atoms with Gasteiger partial charge in [0.1, 0.15) is 30.0 Å². The van der Waals surface area contributed by atoms with Crippen LogP contribution in [-0.2, 0) is 52.4 Å². The Morgan fingerprint density at radius 3 is 1.97 bits per heavy atom. The lowest BCUT2D eigenvalue weighted by Crippen LogP contribution is -2.76. The van der Waals surface area contributed by atoms with Crippen LogP contribution in [0, 0.1) is 17.3 Å². The lowest BCUT2D eigenvalue weighted by Gasteiger charge is -2.62. The number of carbonyl (C=O) groups excluding carboxylic acids is 7. The van der Waals surface area contributed by atoms with Crippen molar-refractivity contribution in [2.24, 2.45) is 23.0 Å². The van der Waals surface area contributed by atoms with Crippen molar-refractivity contribution in [2.45, 2.75) is 115 Å². The predicted octanol–water partition coefficient (Wildman–Crippen LogP) is 3.88. The van der Waals surface area contributed by atoms with E-state index in [4.69, 9.17) is 34.2 Å². The molecule has 17 heteroatoms. The fourth-order valence-corrected chi connectivity index (χ4v) is 9.88. The van der Waals surface area contributed by atoms with Crippen LogP contribution >= 0.6 is 0 Å². The molecule has 2 bridgehead atoms. The van der Waals surface area contributed by atoms with Crippen molar-refractivity contribution in [3.8, 4) is 0 Å². The van der Waals surface area contributed by atoms with Gasteiger partial charge >= 0.3 is 29.8 Å². The maximum atomic E-state index is 15.3. The molecule has 3 aromatic rings.